The second-order valence-corrected chi connectivity index (χ2v) is 11.6. The number of hydrogen-bond acceptors (Lipinski definition) is 7. The van der Waals surface area contributed by atoms with E-state index in [-0.39, 0.29) is 12.2 Å². The number of rotatable bonds is 8. The molecule has 1 aromatic heterocycles. The van der Waals surface area contributed by atoms with Crippen molar-refractivity contribution < 1.29 is 19.0 Å². The van der Waals surface area contributed by atoms with Crippen LogP contribution in [0.15, 0.2) is 106 Å². The van der Waals surface area contributed by atoms with Crippen molar-refractivity contribution in [2.75, 3.05) is 13.7 Å². The van der Waals surface area contributed by atoms with Gasteiger partial charge in [0.05, 0.1) is 35.6 Å². The van der Waals surface area contributed by atoms with E-state index in [9.17, 15) is 9.59 Å². The highest BCUT2D eigenvalue weighted by molar-refractivity contribution is 7.07. The third kappa shape index (κ3) is 5.56. The van der Waals surface area contributed by atoms with Gasteiger partial charge >= 0.3 is 5.97 Å². The molecule has 1 aliphatic heterocycles. The molecular weight excluding hydrogens is 572 g/mol. The molecule has 2 heterocycles. The van der Waals surface area contributed by atoms with Crippen LogP contribution in [0.25, 0.3) is 16.8 Å². The predicted molar refractivity (Wildman–Crippen MR) is 173 cm³/mol. The Morgan fingerprint density at radius 2 is 1.75 bits per heavy atom. The lowest BCUT2D eigenvalue weighted by Gasteiger charge is -2.24. The van der Waals surface area contributed by atoms with Crippen LogP contribution in [0, 0.1) is 6.92 Å². The number of hydrogen-bond donors (Lipinski definition) is 0. The first-order chi connectivity index (χ1) is 21.4. The van der Waals surface area contributed by atoms with E-state index in [2.05, 4.69) is 29.3 Å². The maximum Gasteiger partial charge on any atom is 0.338 e. The predicted octanol–water partition coefficient (Wildman–Crippen LogP) is 5.85. The lowest BCUT2D eigenvalue weighted by molar-refractivity contribution is -0.139. The van der Waals surface area contributed by atoms with Crippen LogP contribution in [0.1, 0.15) is 42.1 Å². The molecule has 0 amide bonds. The van der Waals surface area contributed by atoms with Crippen molar-refractivity contribution in [2.45, 2.75) is 33.4 Å². The van der Waals surface area contributed by atoms with Crippen molar-refractivity contribution in [3.8, 4) is 11.5 Å². The minimum Gasteiger partial charge on any atom is -0.493 e. The molecule has 7 nitrogen and oxygen atoms in total. The molecule has 0 aliphatic carbocycles. The number of allylic oxidation sites excluding steroid dienone is 1. The second kappa shape index (κ2) is 12.3. The summed E-state index contributed by atoms with van der Waals surface area (Å²) in [6, 6.07) is 27.2. The molecule has 0 saturated carbocycles. The van der Waals surface area contributed by atoms with Crippen LogP contribution in [0.5, 0.6) is 11.5 Å². The first-order valence-corrected chi connectivity index (χ1v) is 15.2. The van der Waals surface area contributed by atoms with Crippen molar-refractivity contribution in [1.82, 2.24) is 4.57 Å². The number of aryl methyl sites for hydroxylation is 1. The van der Waals surface area contributed by atoms with E-state index in [0.717, 1.165) is 33.0 Å². The summed E-state index contributed by atoms with van der Waals surface area (Å²) >= 11 is 1.29. The zero-order chi connectivity index (χ0) is 30.8. The number of fused-ring (bicyclic) bond motifs is 2. The highest BCUT2D eigenvalue weighted by Gasteiger charge is 2.33. The van der Waals surface area contributed by atoms with Gasteiger partial charge in [0.25, 0.3) is 5.56 Å². The average Bonchev–Trinajstić information content (AvgIpc) is 3.33. The SMILES string of the molecule is CCOC(=O)C1=C(C)N=c2s/c(=C\c3ccc(OCc4cccc5ccccc45)c(OC)c3)c(=O)n2[C@H]1c1ccc(C)cc1. The Balaban J connectivity index is 1.36. The van der Waals surface area contributed by atoms with E-state index in [4.69, 9.17) is 14.2 Å². The zero-order valence-corrected chi connectivity index (χ0v) is 25.8. The molecule has 1 aliphatic rings. The van der Waals surface area contributed by atoms with Crippen molar-refractivity contribution in [1.29, 1.82) is 0 Å². The molecule has 6 rings (SSSR count). The molecule has 4 aromatic carbocycles. The lowest BCUT2D eigenvalue weighted by Crippen LogP contribution is -2.39. The van der Waals surface area contributed by atoms with Crippen LogP contribution in [-0.4, -0.2) is 24.3 Å². The summed E-state index contributed by atoms with van der Waals surface area (Å²) < 4.78 is 19.3. The minimum atomic E-state index is -0.646. The van der Waals surface area contributed by atoms with E-state index < -0.39 is 12.0 Å². The third-order valence-corrected chi connectivity index (χ3v) is 8.64. The molecule has 0 radical (unpaired) electrons. The molecular formula is C36H32N2O5S. The number of aromatic nitrogens is 1. The molecule has 44 heavy (non-hydrogen) atoms. The number of carbonyl (C=O) groups is 1. The largest absolute Gasteiger partial charge is 0.493 e. The highest BCUT2D eigenvalue weighted by Crippen LogP contribution is 2.32. The molecule has 0 unspecified atom stereocenters. The lowest BCUT2D eigenvalue weighted by atomic mass is 9.95. The van der Waals surface area contributed by atoms with Gasteiger partial charge < -0.3 is 14.2 Å². The maximum atomic E-state index is 13.9. The fourth-order valence-electron chi connectivity index (χ4n) is 5.47. The van der Waals surface area contributed by atoms with E-state index in [1.54, 1.807) is 25.5 Å². The number of thiazole rings is 1. The molecule has 0 saturated heterocycles. The smallest absolute Gasteiger partial charge is 0.338 e. The van der Waals surface area contributed by atoms with Crippen molar-refractivity contribution >= 4 is 34.2 Å². The Bertz CT molecular complexity index is 2080. The quantitative estimate of drug-likeness (QED) is 0.208. The molecule has 1 atom stereocenters. The molecule has 0 bridgehead atoms. The number of carbonyl (C=O) groups excluding carboxylic acids is 1. The van der Waals surface area contributed by atoms with E-state index in [1.807, 2.05) is 73.7 Å². The Morgan fingerprint density at radius 3 is 2.52 bits per heavy atom. The van der Waals surface area contributed by atoms with Crippen LogP contribution in [0.4, 0.5) is 0 Å². The van der Waals surface area contributed by atoms with Crippen LogP contribution in [0.3, 0.4) is 0 Å². The molecule has 8 heteroatoms. The number of ether oxygens (including phenoxy) is 3. The topological polar surface area (TPSA) is 79.1 Å². The fraction of sp³-hybridized carbons (Fsp3) is 0.194. The number of esters is 1. The maximum absolute atomic E-state index is 13.9. The van der Waals surface area contributed by atoms with Gasteiger partial charge in [-0.2, -0.15) is 0 Å². The van der Waals surface area contributed by atoms with Crippen molar-refractivity contribution in [3.05, 3.63) is 138 Å². The Kier molecular flexibility index (Phi) is 8.17. The molecule has 0 N–H and O–H groups in total. The van der Waals surface area contributed by atoms with Gasteiger partial charge in [-0.1, -0.05) is 89.7 Å². The number of nitrogens with zero attached hydrogens (tertiary/aromatic N) is 2. The van der Waals surface area contributed by atoms with Gasteiger partial charge in [-0.15, -0.1) is 0 Å². The summed E-state index contributed by atoms with van der Waals surface area (Å²) in [5.41, 5.74) is 4.42. The normalized spacial score (nSPS) is 14.7. The van der Waals surface area contributed by atoms with E-state index >= 15 is 0 Å². The van der Waals surface area contributed by atoms with Crippen LogP contribution in [0.2, 0.25) is 0 Å². The molecule has 0 fully saturated rings. The van der Waals surface area contributed by atoms with E-state index in [1.165, 1.54) is 11.3 Å². The number of methoxy groups -OCH3 is 1. The van der Waals surface area contributed by atoms with Crippen molar-refractivity contribution in [3.63, 3.8) is 0 Å². The van der Waals surface area contributed by atoms with Gasteiger partial charge in [-0.25, -0.2) is 9.79 Å². The summed E-state index contributed by atoms with van der Waals surface area (Å²) in [4.78, 5) is 32.2. The fourth-order valence-corrected chi connectivity index (χ4v) is 6.52. The standard InChI is InChI=1S/C36H32N2O5S/c1-5-42-35(40)32-23(3)37-36-38(33(32)26-16-13-22(2)14-17-26)34(39)31(44-36)20-24-15-18-29(30(19-24)41-4)43-21-27-11-8-10-25-9-6-7-12-28(25)27/h6-20,33H,5,21H2,1-4H3/b31-20-/t33-/m0/s1. The average molecular weight is 605 g/mol. The van der Waals surface area contributed by atoms with Gasteiger partial charge in [-0.3, -0.25) is 9.36 Å². The van der Waals surface area contributed by atoms with Gasteiger partial charge in [0, 0.05) is 0 Å². The van der Waals surface area contributed by atoms with E-state index in [0.29, 0.717) is 38.7 Å². The highest BCUT2D eigenvalue weighted by atomic mass is 32.1. The van der Waals surface area contributed by atoms with Crippen LogP contribution >= 0.6 is 11.3 Å². The summed E-state index contributed by atoms with van der Waals surface area (Å²) in [7, 11) is 1.60. The minimum absolute atomic E-state index is 0.226. The first kappa shape index (κ1) is 29.1. The first-order valence-electron chi connectivity index (χ1n) is 14.4. The Labute approximate surface area is 259 Å². The van der Waals surface area contributed by atoms with Gasteiger partial charge in [0.2, 0.25) is 0 Å². The summed E-state index contributed by atoms with van der Waals surface area (Å²) in [6.45, 7) is 6.16. The van der Waals surface area contributed by atoms with Gasteiger partial charge in [0.1, 0.15) is 6.61 Å². The molecule has 222 valence electrons. The van der Waals surface area contributed by atoms with Gasteiger partial charge in [0.15, 0.2) is 16.3 Å². The molecule has 0 spiro atoms. The summed E-state index contributed by atoms with van der Waals surface area (Å²) in [5, 5.41) is 2.30. The van der Waals surface area contributed by atoms with Crippen LogP contribution < -0.4 is 24.4 Å². The third-order valence-electron chi connectivity index (χ3n) is 7.66. The van der Waals surface area contributed by atoms with Gasteiger partial charge in [-0.05, 0) is 66.4 Å². The Hall–Kier alpha value is -4.95. The van der Waals surface area contributed by atoms with Crippen molar-refractivity contribution in [2.24, 2.45) is 4.99 Å². The zero-order valence-electron chi connectivity index (χ0n) is 25.0. The number of benzene rings is 4. The molecule has 5 aromatic rings. The summed E-state index contributed by atoms with van der Waals surface area (Å²) in [6.07, 6.45) is 1.82. The monoisotopic (exact) mass is 604 g/mol. The summed E-state index contributed by atoms with van der Waals surface area (Å²) in [5.74, 6) is 0.690. The van der Waals surface area contributed by atoms with Crippen LogP contribution in [-0.2, 0) is 16.1 Å². The Morgan fingerprint density at radius 1 is 0.977 bits per heavy atom. The second-order valence-electron chi connectivity index (χ2n) is 10.6.